The van der Waals surface area contributed by atoms with Crippen LogP contribution >= 0.6 is 0 Å². The van der Waals surface area contributed by atoms with Crippen molar-refractivity contribution in [3.63, 3.8) is 0 Å². The Balaban J connectivity index is 1.24. The van der Waals surface area contributed by atoms with E-state index in [1.54, 1.807) is 12.1 Å². The van der Waals surface area contributed by atoms with Crippen molar-refractivity contribution in [2.75, 3.05) is 73.6 Å². The molecule has 1 aromatic heterocycles. The van der Waals surface area contributed by atoms with Crippen molar-refractivity contribution in [3.8, 4) is 0 Å². The summed E-state index contributed by atoms with van der Waals surface area (Å²) in [6.07, 6.45) is 5.67. The van der Waals surface area contributed by atoms with Gasteiger partial charge in [-0.05, 0) is 17.7 Å². The summed E-state index contributed by atoms with van der Waals surface area (Å²) in [6.45, 7) is 5.81. The second kappa shape index (κ2) is 11.3. The lowest BCUT2D eigenvalue weighted by Gasteiger charge is -2.37. The van der Waals surface area contributed by atoms with E-state index < -0.39 is 0 Å². The fourth-order valence-corrected chi connectivity index (χ4v) is 4.90. The first kappa shape index (κ1) is 24.6. The van der Waals surface area contributed by atoms with Gasteiger partial charge in [0.25, 0.3) is 0 Å². The monoisotopic (exact) mass is 503 g/mol. The fraction of sp³-hybridized carbons (Fsp3) is 0.333. The molecule has 3 heterocycles. The summed E-state index contributed by atoms with van der Waals surface area (Å²) < 4.78 is 14.2. The molecule has 3 aromatic rings. The lowest BCUT2D eigenvalue weighted by Crippen LogP contribution is -2.48. The van der Waals surface area contributed by atoms with E-state index in [1.165, 1.54) is 18.0 Å². The van der Waals surface area contributed by atoms with Crippen LogP contribution in [0.4, 0.5) is 27.4 Å². The summed E-state index contributed by atoms with van der Waals surface area (Å²) in [7, 11) is 0. The Morgan fingerprint density at radius 3 is 2.00 bits per heavy atom. The molecule has 5 rings (SSSR count). The van der Waals surface area contributed by atoms with Crippen molar-refractivity contribution in [1.82, 2.24) is 14.9 Å². The second-order valence-corrected chi connectivity index (χ2v) is 9.15. The Labute approximate surface area is 215 Å². The molecule has 9 nitrogen and oxygen atoms in total. The molecular formula is C27H30FN7O2. The van der Waals surface area contributed by atoms with Crippen molar-refractivity contribution in [2.24, 2.45) is 0 Å². The summed E-state index contributed by atoms with van der Waals surface area (Å²) in [4.78, 5) is 28.6. The van der Waals surface area contributed by atoms with Gasteiger partial charge in [-0.15, -0.1) is 0 Å². The van der Waals surface area contributed by atoms with E-state index in [4.69, 9.17) is 0 Å². The molecule has 0 aliphatic carbocycles. The van der Waals surface area contributed by atoms with Gasteiger partial charge in [-0.25, -0.2) is 14.4 Å². The van der Waals surface area contributed by atoms with Gasteiger partial charge in [0.05, 0.1) is 10.6 Å². The number of aromatic nitrogens is 2. The number of hydrogen-bond acceptors (Lipinski definition) is 8. The number of hydrogen-bond donors (Lipinski definition) is 0. The maximum atomic E-state index is 14.2. The minimum absolute atomic E-state index is 0.0562. The topological polar surface area (TPSA) is 81.9 Å². The number of para-hydroxylation sites is 1. The molecule has 0 atom stereocenters. The highest BCUT2D eigenvalue weighted by Crippen LogP contribution is 2.35. The van der Waals surface area contributed by atoms with Gasteiger partial charge >= 0.3 is 5.69 Å². The van der Waals surface area contributed by atoms with Crippen LogP contribution in [-0.4, -0.2) is 78.7 Å². The summed E-state index contributed by atoms with van der Waals surface area (Å²) in [5.41, 5.74) is 1.66. The van der Waals surface area contributed by atoms with Gasteiger partial charge in [0, 0.05) is 58.9 Å². The molecule has 2 aliphatic rings. The van der Waals surface area contributed by atoms with Crippen LogP contribution in [-0.2, 0) is 0 Å². The normalized spacial score (nSPS) is 16.9. The molecule has 0 saturated carbocycles. The quantitative estimate of drug-likeness (QED) is 0.357. The Morgan fingerprint density at radius 2 is 1.38 bits per heavy atom. The molecule has 0 N–H and O–H groups in total. The third kappa shape index (κ3) is 5.69. The van der Waals surface area contributed by atoms with Gasteiger partial charge < -0.3 is 14.7 Å². The Kier molecular flexibility index (Phi) is 7.55. The molecule has 0 unspecified atom stereocenters. The highest BCUT2D eigenvalue weighted by Gasteiger charge is 2.33. The van der Waals surface area contributed by atoms with Crippen LogP contribution in [0.2, 0.25) is 0 Å². The van der Waals surface area contributed by atoms with E-state index in [1.807, 2.05) is 39.0 Å². The molecule has 0 amide bonds. The molecule has 2 saturated heterocycles. The molecule has 0 spiro atoms. The number of halogens is 1. The smallest absolute Gasteiger partial charge is 0.353 e. The first-order valence-corrected chi connectivity index (χ1v) is 12.5. The number of benzene rings is 2. The van der Waals surface area contributed by atoms with E-state index in [2.05, 4.69) is 39.2 Å². The van der Waals surface area contributed by atoms with Crippen molar-refractivity contribution >= 4 is 29.1 Å². The van der Waals surface area contributed by atoms with E-state index >= 15 is 0 Å². The average molecular weight is 504 g/mol. The van der Waals surface area contributed by atoms with Crippen molar-refractivity contribution < 1.29 is 9.31 Å². The van der Waals surface area contributed by atoms with Crippen LogP contribution in [0, 0.1) is 15.9 Å². The number of rotatable bonds is 7. The Hall–Kier alpha value is -4.05. The maximum Gasteiger partial charge on any atom is 0.353 e. The largest absolute Gasteiger partial charge is 0.366 e. The minimum Gasteiger partial charge on any atom is -0.366 e. The van der Waals surface area contributed by atoms with Crippen LogP contribution in [0.3, 0.4) is 0 Å². The summed E-state index contributed by atoms with van der Waals surface area (Å²) in [6, 6.07) is 16.9. The number of nitrogens with zero attached hydrogens (tertiary/aromatic N) is 7. The van der Waals surface area contributed by atoms with Gasteiger partial charge in [-0.1, -0.05) is 54.6 Å². The van der Waals surface area contributed by atoms with Crippen LogP contribution in [0.1, 0.15) is 5.56 Å². The van der Waals surface area contributed by atoms with Crippen molar-refractivity contribution in [1.29, 1.82) is 0 Å². The molecule has 2 aromatic carbocycles. The van der Waals surface area contributed by atoms with Gasteiger partial charge in [0.15, 0.2) is 0 Å². The van der Waals surface area contributed by atoms with Gasteiger partial charge in [-0.3, -0.25) is 15.0 Å². The zero-order chi connectivity index (χ0) is 25.6. The molecule has 192 valence electrons. The van der Waals surface area contributed by atoms with E-state index in [-0.39, 0.29) is 16.4 Å². The van der Waals surface area contributed by atoms with Crippen molar-refractivity contribution in [3.05, 3.63) is 88.5 Å². The number of anilines is 3. The second-order valence-electron chi connectivity index (χ2n) is 9.15. The van der Waals surface area contributed by atoms with Crippen LogP contribution in [0.5, 0.6) is 0 Å². The zero-order valence-electron chi connectivity index (χ0n) is 20.6. The van der Waals surface area contributed by atoms with Crippen LogP contribution in [0.25, 0.3) is 6.08 Å². The first-order valence-electron chi connectivity index (χ1n) is 12.5. The van der Waals surface area contributed by atoms with Gasteiger partial charge in [0.2, 0.25) is 11.6 Å². The predicted octanol–water partition coefficient (Wildman–Crippen LogP) is 3.69. The maximum absolute atomic E-state index is 14.2. The lowest BCUT2D eigenvalue weighted by atomic mass is 10.2. The van der Waals surface area contributed by atoms with E-state index in [9.17, 15) is 14.5 Å². The van der Waals surface area contributed by atoms with E-state index in [0.29, 0.717) is 56.6 Å². The van der Waals surface area contributed by atoms with Gasteiger partial charge in [-0.2, -0.15) is 0 Å². The standard InChI is InChI=1S/C27H30FN7O2/c28-23-10-4-5-11-24(23)32-17-19-34(20-18-32)27-25(35(36)37)26(29-21-30-27)33-15-13-31(14-16-33)12-6-9-22-7-2-1-3-8-22/h1-11,21H,12-20H2/b9-6-. The summed E-state index contributed by atoms with van der Waals surface area (Å²) >= 11 is 0. The molecule has 2 fully saturated rings. The van der Waals surface area contributed by atoms with Gasteiger partial charge in [0.1, 0.15) is 12.1 Å². The lowest BCUT2D eigenvalue weighted by molar-refractivity contribution is -0.383. The number of nitro groups is 1. The summed E-state index contributed by atoms with van der Waals surface area (Å²) in [5, 5.41) is 12.2. The Bertz CT molecular complexity index is 1240. The minimum atomic E-state index is -0.372. The first-order chi connectivity index (χ1) is 18.1. The SMILES string of the molecule is O=[N+]([O-])c1c(N2CCN(C/C=C\c3ccccc3)CC2)ncnc1N1CCN(c2ccccc2F)CC1. The predicted molar refractivity (Wildman–Crippen MR) is 144 cm³/mol. The molecule has 0 radical (unpaired) electrons. The van der Waals surface area contributed by atoms with Crippen molar-refractivity contribution in [2.45, 2.75) is 0 Å². The van der Waals surface area contributed by atoms with Crippen LogP contribution < -0.4 is 14.7 Å². The molecule has 37 heavy (non-hydrogen) atoms. The highest BCUT2D eigenvalue weighted by atomic mass is 19.1. The summed E-state index contributed by atoms with van der Waals surface area (Å²) in [5.74, 6) is 0.434. The molecule has 0 bridgehead atoms. The highest BCUT2D eigenvalue weighted by molar-refractivity contribution is 5.72. The zero-order valence-corrected chi connectivity index (χ0v) is 20.6. The van der Waals surface area contributed by atoms with E-state index in [0.717, 1.165) is 19.6 Å². The average Bonchev–Trinajstić information content (AvgIpc) is 2.94. The number of piperazine rings is 2. The molecular weight excluding hydrogens is 473 g/mol. The molecule has 10 heteroatoms. The third-order valence-electron chi connectivity index (χ3n) is 6.88. The Morgan fingerprint density at radius 1 is 0.811 bits per heavy atom. The molecule has 2 aliphatic heterocycles. The van der Waals surface area contributed by atoms with Crippen LogP contribution in [0.15, 0.2) is 67.0 Å². The third-order valence-corrected chi connectivity index (χ3v) is 6.88. The fourth-order valence-electron chi connectivity index (χ4n) is 4.90.